The number of nitrogens with two attached hydrogens (primary N) is 1. The van der Waals surface area contributed by atoms with Gasteiger partial charge in [-0.1, -0.05) is 18.2 Å². The molecule has 0 amide bonds. The Morgan fingerprint density at radius 3 is 2.48 bits per heavy atom. The number of fused-ring (bicyclic) bond motifs is 1. The average Bonchev–Trinajstić information content (AvgIpc) is 3.22. The molecule has 166 valence electrons. The molecule has 4 rings (SSSR count). The number of aryl methyl sites for hydroxylation is 2. The number of anilines is 1. The van der Waals surface area contributed by atoms with Crippen LogP contribution in [0.15, 0.2) is 47.5 Å². The Kier molecular flexibility index (Phi) is 6.48. The molecule has 0 saturated carbocycles. The molecule has 1 atom stereocenters. The lowest BCUT2D eigenvalue weighted by Crippen LogP contribution is -2.40. The van der Waals surface area contributed by atoms with Crippen LogP contribution in [0, 0.1) is 0 Å². The molecule has 2 aromatic carbocycles. The Labute approximate surface area is 180 Å². The van der Waals surface area contributed by atoms with E-state index >= 15 is 0 Å². The molecule has 1 unspecified atom stereocenters. The number of rotatable bonds is 5. The van der Waals surface area contributed by atoms with E-state index in [1.54, 1.807) is 0 Å². The molecule has 3 N–H and O–H groups in total. The van der Waals surface area contributed by atoms with Crippen molar-refractivity contribution in [2.45, 2.75) is 31.5 Å². The minimum atomic E-state index is -4.35. The molecule has 0 spiro atoms. The summed E-state index contributed by atoms with van der Waals surface area (Å²) in [7, 11) is 0. The van der Waals surface area contributed by atoms with Crippen molar-refractivity contribution in [1.82, 2.24) is 4.90 Å². The van der Waals surface area contributed by atoms with Gasteiger partial charge in [-0.25, -0.2) is 0 Å². The molecule has 8 heteroatoms. The number of hydrogen-bond donors (Lipinski definition) is 2. The van der Waals surface area contributed by atoms with Gasteiger partial charge in [-0.05, 0) is 60.2 Å². The van der Waals surface area contributed by atoms with Crippen molar-refractivity contribution in [3.05, 3.63) is 64.7 Å². The largest absolute Gasteiger partial charge is 0.416 e. The van der Waals surface area contributed by atoms with Crippen molar-refractivity contribution >= 4 is 11.6 Å². The molecule has 1 aliphatic carbocycles. The zero-order valence-electron chi connectivity index (χ0n) is 17.3. The summed E-state index contributed by atoms with van der Waals surface area (Å²) in [5.74, 6) is 0.295. The third-order valence-electron chi connectivity index (χ3n) is 5.91. The normalized spacial score (nSPS) is 18.6. The summed E-state index contributed by atoms with van der Waals surface area (Å²) in [5.41, 5.74) is 9.89. The molecule has 1 saturated heterocycles. The van der Waals surface area contributed by atoms with Gasteiger partial charge < -0.3 is 15.8 Å². The van der Waals surface area contributed by atoms with Crippen LogP contribution in [0.5, 0.6) is 0 Å². The van der Waals surface area contributed by atoms with E-state index in [0.717, 1.165) is 36.2 Å². The molecular formula is C23H27F3N4O. The summed E-state index contributed by atoms with van der Waals surface area (Å²) >= 11 is 0. The molecular weight excluding hydrogens is 405 g/mol. The summed E-state index contributed by atoms with van der Waals surface area (Å²) < 4.78 is 44.3. The maximum absolute atomic E-state index is 12.9. The van der Waals surface area contributed by atoms with Crippen molar-refractivity contribution in [2.75, 3.05) is 38.2 Å². The standard InChI is InChI=1S/C23H27F3N4O/c24-23(25,26)19-7-4-17(5-8-19)21(30-10-12-31-13-11-30)15-28-22(27)29-20-9-6-16-2-1-3-18(16)14-20/h4-9,14,21H,1-3,10-13,15H2,(H3,27,28,29). The molecule has 5 nitrogen and oxygen atoms in total. The fraction of sp³-hybridized carbons (Fsp3) is 0.435. The Hall–Kier alpha value is -2.58. The maximum Gasteiger partial charge on any atom is 0.416 e. The van der Waals surface area contributed by atoms with E-state index in [4.69, 9.17) is 10.5 Å². The van der Waals surface area contributed by atoms with Crippen LogP contribution in [0.1, 0.15) is 34.7 Å². The van der Waals surface area contributed by atoms with Gasteiger partial charge in [-0.15, -0.1) is 0 Å². The lowest BCUT2D eigenvalue weighted by atomic mass is 10.0. The van der Waals surface area contributed by atoms with E-state index < -0.39 is 11.7 Å². The zero-order valence-corrected chi connectivity index (χ0v) is 17.3. The molecule has 2 aromatic rings. The number of halogens is 3. The highest BCUT2D eigenvalue weighted by Gasteiger charge is 2.31. The fourth-order valence-electron chi connectivity index (χ4n) is 4.24. The van der Waals surface area contributed by atoms with Crippen LogP contribution < -0.4 is 11.1 Å². The highest BCUT2D eigenvalue weighted by molar-refractivity contribution is 5.92. The minimum Gasteiger partial charge on any atom is -0.379 e. The van der Waals surface area contributed by atoms with Gasteiger partial charge in [0.05, 0.1) is 31.4 Å². The van der Waals surface area contributed by atoms with Crippen LogP contribution in [-0.4, -0.2) is 43.7 Å². The molecule has 1 aliphatic heterocycles. The molecule has 0 aromatic heterocycles. The Bertz CT molecular complexity index is 921. The summed E-state index contributed by atoms with van der Waals surface area (Å²) in [6, 6.07) is 11.4. The Morgan fingerprint density at radius 2 is 1.77 bits per heavy atom. The summed E-state index contributed by atoms with van der Waals surface area (Å²) in [4.78, 5) is 6.69. The highest BCUT2D eigenvalue weighted by atomic mass is 19.4. The van der Waals surface area contributed by atoms with Gasteiger partial charge in [-0.3, -0.25) is 9.89 Å². The second kappa shape index (κ2) is 9.28. The van der Waals surface area contributed by atoms with Gasteiger partial charge in [-0.2, -0.15) is 13.2 Å². The maximum atomic E-state index is 12.9. The first-order valence-electron chi connectivity index (χ1n) is 10.6. The first-order valence-corrected chi connectivity index (χ1v) is 10.6. The first kappa shape index (κ1) is 21.6. The van der Waals surface area contributed by atoms with Gasteiger partial charge in [0.1, 0.15) is 0 Å². The number of benzene rings is 2. The Morgan fingerprint density at radius 1 is 1.06 bits per heavy atom. The van der Waals surface area contributed by atoms with Gasteiger partial charge in [0.2, 0.25) is 0 Å². The number of nitrogens with zero attached hydrogens (tertiary/aromatic N) is 2. The van der Waals surface area contributed by atoms with Crippen LogP contribution in [0.4, 0.5) is 18.9 Å². The minimum absolute atomic E-state index is 0.174. The number of alkyl halides is 3. The number of nitrogens with one attached hydrogen (secondary N) is 1. The monoisotopic (exact) mass is 432 g/mol. The topological polar surface area (TPSA) is 62.9 Å². The average molecular weight is 432 g/mol. The summed E-state index contributed by atoms with van der Waals surface area (Å²) in [6.45, 7) is 2.90. The second-order valence-corrected chi connectivity index (χ2v) is 7.97. The smallest absolute Gasteiger partial charge is 0.379 e. The van der Waals surface area contributed by atoms with Crippen molar-refractivity contribution in [3.8, 4) is 0 Å². The molecule has 0 bridgehead atoms. The van der Waals surface area contributed by atoms with Gasteiger partial charge >= 0.3 is 6.18 Å². The lowest BCUT2D eigenvalue weighted by Gasteiger charge is -2.34. The third kappa shape index (κ3) is 5.37. The van der Waals surface area contributed by atoms with E-state index in [-0.39, 0.29) is 6.04 Å². The predicted molar refractivity (Wildman–Crippen MR) is 115 cm³/mol. The van der Waals surface area contributed by atoms with E-state index in [2.05, 4.69) is 27.3 Å². The van der Waals surface area contributed by atoms with Crippen LogP contribution in [0.3, 0.4) is 0 Å². The highest BCUT2D eigenvalue weighted by Crippen LogP contribution is 2.31. The van der Waals surface area contributed by atoms with E-state index in [1.807, 2.05) is 6.07 Å². The molecule has 2 aliphatic rings. The number of aliphatic imine (C=N–C) groups is 1. The van der Waals surface area contributed by atoms with Gasteiger partial charge in [0, 0.05) is 18.8 Å². The van der Waals surface area contributed by atoms with Crippen LogP contribution in [0.2, 0.25) is 0 Å². The summed E-state index contributed by atoms with van der Waals surface area (Å²) in [6.07, 6.45) is -0.978. The Balaban J connectivity index is 1.49. The SMILES string of the molecule is NC(=NCC(c1ccc(C(F)(F)F)cc1)N1CCOCC1)Nc1ccc2c(c1)CCC2. The van der Waals surface area contributed by atoms with E-state index in [1.165, 1.54) is 29.7 Å². The van der Waals surface area contributed by atoms with Crippen molar-refractivity contribution in [1.29, 1.82) is 0 Å². The van der Waals surface area contributed by atoms with Crippen molar-refractivity contribution in [2.24, 2.45) is 10.7 Å². The number of ether oxygens (including phenoxy) is 1. The summed E-state index contributed by atoms with van der Waals surface area (Å²) in [5, 5.41) is 3.15. The molecule has 31 heavy (non-hydrogen) atoms. The van der Waals surface area contributed by atoms with Crippen molar-refractivity contribution in [3.63, 3.8) is 0 Å². The first-order chi connectivity index (χ1) is 14.9. The van der Waals surface area contributed by atoms with E-state index in [0.29, 0.717) is 38.8 Å². The fourth-order valence-corrected chi connectivity index (χ4v) is 4.24. The molecule has 1 heterocycles. The van der Waals surface area contributed by atoms with Crippen molar-refractivity contribution < 1.29 is 17.9 Å². The van der Waals surface area contributed by atoms with Crippen LogP contribution >= 0.6 is 0 Å². The van der Waals surface area contributed by atoms with Crippen LogP contribution in [-0.2, 0) is 23.8 Å². The third-order valence-corrected chi connectivity index (χ3v) is 5.91. The molecule has 0 radical (unpaired) electrons. The molecule has 1 fully saturated rings. The quantitative estimate of drug-likeness (QED) is 0.554. The van der Waals surface area contributed by atoms with Gasteiger partial charge in [0.25, 0.3) is 0 Å². The van der Waals surface area contributed by atoms with Crippen LogP contribution in [0.25, 0.3) is 0 Å². The number of guanidine groups is 1. The lowest BCUT2D eigenvalue weighted by molar-refractivity contribution is -0.137. The van der Waals surface area contributed by atoms with E-state index in [9.17, 15) is 13.2 Å². The number of hydrogen-bond acceptors (Lipinski definition) is 3. The predicted octanol–water partition coefficient (Wildman–Crippen LogP) is 3.99. The second-order valence-electron chi connectivity index (χ2n) is 7.97. The number of morpholine rings is 1. The van der Waals surface area contributed by atoms with Gasteiger partial charge in [0.15, 0.2) is 5.96 Å². The zero-order chi connectivity index (χ0) is 21.8.